The number of hydrogen-bond donors (Lipinski definition) is 1. The van der Waals surface area contributed by atoms with Gasteiger partial charge in [0.2, 0.25) is 0 Å². The summed E-state index contributed by atoms with van der Waals surface area (Å²) in [4.78, 5) is 0. The van der Waals surface area contributed by atoms with Gasteiger partial charge in [-0.3, -0.25) is 0 Å². The maximum Gasteiger partial charge on any atom is 0.120 e. The van der Waals surface area contributed by atoms with Gasteiger partial charge in [0.05, 0.1) is 0 Å². The second kappa shape index (κ2) is 7.84. The van der Waals surface area contributed by atoms with Crippen molar-refractivity contribution >= 4 is 15.9 Å². The first-order valence-electron chi connectivity index (χ1n) is 7.47. The van der Waals surface area contributed by atoms with Crippen LogP contribution >= 0.6 is 15.9 Å². The van der Waals surface area contributed by atoms with Crippen LogP contribution in [0.4, 0.5) is 0 Å². The Bertz CT molecular complexity index is 456. The number of nitrogens with one attached hydrogen (secondary N) is 1. The fraction of sp³-hybridized carbons (Fsp3) is 0.529. The number of benzene rings is 1. The van der Waals surface area contributed by atoms with Crippen molar-refractivity contribution in [1.82, 2.24) is 5.32 Å². The number of hydrogen-bond acceptors (Lipinski definition) is 2. The molecule has 2 rings (SSSR count). The van der Waals surface area contributed by atoms with E-state index in [9.17, 15) is 0 Å². The van der Waals surface area contributed by atoms with Crippen molar-refractivity contribution in [2.45, 2.75) is 45.8 Å². The van der Waals surface area contributed by atoms with Crippen molar-refractivity contribution in [3.8, 4) is 5.75 Å². The monoisotopic (exact) mass is 337 g/mol. The van der Waals surface area contributed by atoms with Crippen LogP contribution in [0.3, 0.4) is 0 Å². The number of halogens is 1. The molecule has 0 fully saturated rings. The van der Waals surface area contributed by atoms with Gasteiger partial charge in [-0.05, 0) is 61.6 Å². The van der Waals surface area contributed by atoms with Crippen LogP contribution in [0.5, 0.6) is 5.75 Å². The molecule has 0 aromatic heterocycles. The average molecular weight is 338 g/mol. The van der Waals surface area contributed by atoms with Crippen LogP contribution < -0.4 is 10.1 Å². The molecule has 110 valence electrons. The van der Waals surface area contributed by atoms with E-state index >= 15 is 0 Å². The topological polar surface area (TPSA) is 21.3 Å². The normalized spacial score (nSPS) is 18.5. The molecule has 1 unspecified atom stereocenters. The highest BCUT2D eigenvalue weighted by molar-refractivity contribution is 9.10. The van der Waals surface area contributed by atoms with E-state index in [0.29, 0.717) is 5.92 Å². The summed E-state index contributed by atoms with van der Waals surface area (Å²) in [5.41, 5.74) is 1.25. The second-order valence-corrected chi connectivity index (χ2v) is 6.65. The Morgan fingerprint density at radius 1 is 1.40 bits per heavy atom. The Labute approximate surface area is 130 Å². The number of rotatable bonds is 6. The molecule has 1 aliphatic carbocycles. The predicted octanol–water partition coefficient (Wildman–Crippen LogP) is 4.68. The Morgan fingerprint density at radius 3 is 2.95 bits per heavy atom. The van der Waals surface area contributed by atoms with E-state index in [2.05, 4.69) is 59.4 Å². The van der Waals surface area contributed by atoms with E-state index in [1.807, 2.05) is 6.07 Å². The van der Waals surface area contributed by atoms with Crippen LogP contribution in [0.1, 0.15) is 38.7 Å². The molecule has 1 N–H and O–H groups in total. The third kappa shape index (κ3) is 4.95. The summed E-state index contributed by atoms with van der Waals surface area (Å²) in [6, 6.07) is 6.26. The zero-order valence-electron chi connectivity index (χ0n) is 12.4. The maximum absolute atomic E-state index is 6.04. The Balaban J connectivity index is 1.96. The second-order valence-electron chi connectivity index (χ2n) is 5.79. The number of ether oxygens (including phenoxy) is 1. The highest BCUT2D eigenvalue weighted by atomic mass is 79.9. The lowest BCUT2D eigenvalue weighted by atomic mass is 10.1. The third-order valence-electron chi connectivity index (χ3n) is 3.38. The molecule has 1 aromatic carbocycles. The molecule has 0 saturated heterocycles. The molecule has 0 spiro atoms. The van der Waals surface area contributed by atoms with Crippen LogP contribution in [0, 0.1) is 5.92 Å². The molecular formula is C17H24BrNO. The van der Waals surface area contributed by atoms with Gasteiger partial charge in [0.1, 0.15) is 11.9 Å². The van der Waals surface area contributed by atoms with Crippen LogP contribution in [0.15, 0.2) is 34.8 Å². The lowest BCUT2D eigenvalue weighted by molar-refractivity contribution is 0.229. The molecule has 20 heavy (non-hydrogen) atoms. The van der Waals surface area contributed by atoms with Gasteiger partial charge in [0.15, 0.2) is 0 Å². The molecular weight excluding hydrogens is 314 g/mol. The summed E-state index contributed by atoms with van der Waals surface area (Å²) >= 11 is 3.61. The van der Waals surface area contributed by atoms with Crippen molar-refractivity contribution in [2.24, 2.45) is 5.92 Å². The van der Waals surface area contributed by atoms with E-state index in [1.165, 1.54) is 18.4 Å². The van der Waals surface area contributed by atoms with E-state index in [-0.39, 0.29) is 6.10 Å². The van der Waals surface area contributed by atoms with E-state index in [1.54, 1.807) is 0 Å². The summed E-state index contributed by atoms with van der Waals surface area (Å²) in [7, 11) is 0. The highest BCUT2D eigenvalue weighted by Gasteiger charge is 2.11. The predicted molar refractivity (Wildman–Crippen MR) is 88.1 cm³/mol. The molecule has 0 radical (unpaired) electrons. The quantitative estimate of drug-likeness (QED) is 0.761. The standard InChI is InChI=1S/C17H24BrNO/c1-13(2)11-19-12-14-10-16(8-9-17(14)18)20-15-6-4-3-5-7-15/h4,6,8-10,13,15,19H,3,5,7,11-12H2,1-2H3. The summed E-state index contributed by atoms with van der Waals surface area (Å²) in [6.45, 7) is 6.34. The third-order valence-corrected chi connectivity index (χ3v) is 4.16. The lowest BCUT2D eigenvalue weighted by Crippen LogP contribution is -2.19. The first-order valence-corrected chi connectivity index (χ1v) is 8.27. The van der Waals surface area contributed by atoms with Crippen molar-refractivity contribution in [3.05, 3.63) is 40.4 Å². The first kappa shape index (κ1) is 15.6. The zero-order chi connectivity index (χ0) is 14.4. The van der Waals surface area contributed by atoms with Gasteiger partial charge < -0.3 is 10.1 Å². The van der Waals surface area contributed by atoms with Crippen molar-refractivity contribution < 1.29 is 4.74 Å². The van der Waals surface area contributed by atoms with Crippen LogP contribution in [0.2, 0.25) is 0 Å². The lowest BCUT2D eigenvalue weighted by Gasteiger charge is -2.19. The smallest absolute Gasteiger partial charge is 0.120 e. The van der Waals surface area contributed by atoms with Crippen molar-refractivity contribution in [3.63, 3.8) is 0 Å². The maximum atomic E-state index is 6.04. The van der Waals surface area contributed by atoms with Crippen LogP contribution in [0.25, 0.3) is 0 Å². The molecule has 0 saturated carbocycles. The van der Waals surface area contributed by atoms with E-state index in [4.69, 9.17) is 4.74 Å². The van der Waals surface area contributed by atoms with Gasteiger partial charge >= 0.3 is 0 Å². The molecule has 2 nitrogen and oxygen atoms in total. The largest absolute Gasteiger partial charge is 0.486 e. The first-order chi connectivity index (χ1) is 9.65. The fourth-order valence-electron chi connectivity index (χ4n) is 2.31. The molecule has 3 heteroatoms. The minimum absolute atomic E-state index is 0.237. The summed E-state index contributed by atoms with van der Waals surface area (Å²) in [5, 5.41) is 3.47. The molecule has 0 amide bonds. The van der Waals surface area contributed by atoms with E-state index in [0.717, 1.165) is 29.7 Å². The summed E-state index contributed by atoms with van der Waals surface area (Å²) in [6.07, 6.45) is 8.17. The highest BCUT2D eigenvalue weighted by Crippen LogP contribution is 2.25. The molecule has 0 heterocycles. The Kier molecular flexibility index (Phi) is 6.11. The van der Waals surface area contributed by atoms with Crippen LogP contribution in [-0.4, -0.2) is 12.6 Å². The van der Waals surface area contributed by atoms with Gasteiger partial charge in [-0.2, -0.15) is 0 Å². The summed E-state index contributed by atoms with van der Waals surface area (Å²) in [5.74, 6) is 1.63. The van der Waals surface area contributed by atoms with Gasteiger partial charge in [0, 0.05) is 11.0 Å². The Hall–Kier alpha value is -0.800. The SMILES string of the molecule is CC(C)CNCc1cc(OC2C=CCCC2)ccc1Br. The molecule has 0 aliphatic heterocycles. The molecule has 1 aliphatic rings. The molecule has 1 aromatic rings. The van der Waals surface area contributed by atoms with E-state index < -0.39 is 0 Å². The van der Waals surface area contributed by atoms with Gasteiger partial charge in [-0.25, -0.2) is 0 Å². The average Bonchev–Trinajstić information content (AvgIpc) is 2.43. The summed E-state index contributed by atoms with van der Waals surface area (Å²) < 4.78 is 7.18. The van der Waals surface area contributed by atoms with Crippen LogP contribution in [-0.2, 0) is 6.54 Å². The van der Waals surface area contributed by atoms with Crippen molar-refractivity contribution in [1.29, 1.82) is 0 Å². The molecule has 0 bridgehead atoms. The minimum Gasteiger partial charge on any atom is -0.486 e. The van der Waals surface area contributed by atoms with Gasteiger partial charge in [-0.1, -0.05) is 35.9 Å². The molecule has 1 atom stereocenters. The van der Waals surface area contributed by atoms with Gasteiger partial charge in [0.25, 0.3) is 0 Å². The minimum atomic E-state index is 0.237. The fourth-order valence-corrected chi connectivity index (χ4v) is 2.70. The number of allylic oxidation sites excluding steroid dienone is 1. The van der Waals surface area contributed by atoms with Gasteiger partial charge in [-0.15, -0.1) is 0 Å². The van der Waals surface area contributed by atoms with Crippen molar-refractivity contribution in [2.75, 3.05) is 6.54 Å². The Morgan fingerprint density at radius 2 is 2.25 bits per heavy atom. The zero-order valence-corrected chi connectivity index (χ0v) is 13.9.